The van der Waals surface area contributed by atoms with Crippen molar-refractivity contribution in [3.8, 4) is 16.9 Å². The molecular formula is C31H28N2O6S. The highest BCUT2D eigenvalue weighted by Crippen LogP contribution is 2.41. The highest BCUT2D eigenvalue weighted by atomic mass is 32.1. The van der Waals surface area contributed by atoms with E-state index in [4.69, 9.17) is 9.47 Å². The molecule has 0 aliphatic rings. The van der Waals surface area contributed by atoms with Crippen LogP contribution in [0.3, 0.4) is 0 Å². The van der Waals surface area contributed by atoms with E-state index in [2.05, 4.69) is 5.32 Å². The van der Waals surface area contributed by atoms with Crippen LogP contribution >= 0.6 is 11.3 Å². The van der Waals surface area contributed by atoms with Crippen molar-refractivity contribution in [3.63, 3.8) is 0 Å². The second-order valence-electron chi connectivity index (χ2n) is 8.93. The van der Waals surface area contributed by atoms with Gasteiger partial charge in [0.25, 0.3) is 5.69 Å². The lowest BCUT2D eigenvalue weighted by molar-refractivity contribution is -0.384. The number of nitrogens with zero attached hydrogens (tertiary/aromatic N) is 1. The second-order valence-corrected chi connectivity index (χ2v) is 10.2. The van der Waals surface area contributed by atoms with Gasteiger partial charge < -0.3 is 14.8 Å². The monoisotopic (exact) mass is 556 g/mol. The number of amides is 1. The molecule has 4 aromatic rings. The largest absolute Gasteiger partial charge is 0.489 e. The zero-order valence-electron chi connectivity index (χ0n) is 22.3. The van der Waals surface area contributed by atoms with Crippen LogP contribution < -0.4 is 10.1 Å². The molecular weight excluding hydrogens is 528 g/mol. The van der Waals surface area contributed by atoms with Crippen LogP contribution in [0.2, 0.25) is 0 Å². The van der Waals surface area contributed by atoms with Gasteiger partial charge in [-0.1, -0.05) is 42.0 Å². The molecule has 1 N–H and O–H groups in total. The van der Waals surface area contributed by atoms with Gasteiger partial charge in [0.05, 0.1) is 11.5 Å². The number of benzene rings is 3. The summed E-state index contributed by atoms with van der Waals surface area (Å²) in [6, 6.07) is 21.4. The molecule has 40 heavy (non-hydrogen) atoms. The van der Waals surface area contributed by atoms with Gasteiger partial charge in [0.1, 0.15) is 22.9 Å². The fourth-order valence-electron chi connectivity index (χ4n) is 3.98. The fraction of sp³-hybridized carbons (Fsp3) is 0.161. The van der Waals surface area contributed by atoms with Gasteiger partial charge >= 0.3 is 5.97 Å². The quantitative estimate of drug-likeness (QED) is 0.0947. The first-order valence-electron chi connectivity index (χ1n) is 12.6. The Bertz CT molecular complexity index is 1540. The van der Waals surface area contributed by atoms with Gasteiger partial charge in [-0.25, -0.2) is 4.79 Å². The molecule has 3 aromatic carbocycles. The Morgan fingerprint density at radius 3 is 2.27 bits per heavy atom. The smallest absolute Gasteiger partial charge is 0.341 e. The minimum absolute atomic E-state index is 0.0566. The van der Waals surface area contributed by atoms with E-state index in [1.807, 2.05) is 62.4 Å². The molecule has 1 aromatic heterocycles. The molecule has 204 valence electrons. The van der Waals surface area contributed by atoms with Gasteiger partial charge in [-0.3, -0.25) is 14.9 Å². The van der Waals surface area contributed by atoms with Crippen molar-refractivity contribution < 1.29 is 24.0 Å². The van der Waals surface area contributed by atoms with E-state index < -0.39 is 16.8 Å². The molecule has 0 saturated carbocycles. The van der Waals surface area contributed by atoms with Crippen molar-refractivity contribution in [3.05, 3.63) is 116 Å². The Hall–Kier alpha value is -4.76. The minimum Gasteiger partial charge on any atom is -0.489 e. The number of aryl methyl sites for hydroxylation is 2. The summed E-state index contributed by atoms with van der Waals surface area (Å²) in [6.07, 6.45) is 3.05. The summed E-state index contributed by atoms with van der Waals surface area (Å²) in [7, 11) is 0. The number of hydrogen-bond donors (Lipinski definition) is 1. The first-order valence-corrected chi connectivity index (χ1v) is 13.4. The van der Waals surface area contributed by atoms with Gasteiger partial charge in [-0.2, -0.15) is 0 Å². The number of ether oxygens (including phenoxy) is 2. The Labute approximate surface area is 236 Å². The van der Waals surface area contributed by atoms with Crippen molar-refractivity contribution in [2.24, 2.45) is 0 Å². The second kappa shape index (κ2) is 12.9. The molecule has 9 heteroatoms. The van der Waals surface area contributed by atoms with E-state index in [1.165, 1.54) is 35.1 Å². The molecule has 0 saturated heterocycles. The summed E-state index contributed by atoms with van der Waals surface area (Å²) >= 11 is 1.24. The lowest BCUT2D eigenvalue weighted by Crippen LogP contribution is -2.12. The zero-order valence-corrected chi connectivity index (χ0v) is 23.1. The molecule has 0 aliphatic carbocycles. The number of thiophene rings is 1. The highest BCUT2D eigenvalue weighted by Gasteiger charge is 2.25. The van der Waals surface area contributed by atoms with Crippen molar-refractivity contribution in [2.75, 3.05) is 11.9 Å². The molecule has 1 heterocycles. The maximum atomic E-state index is 12.9. The average Bonchev–Trinajstić information content (AvgIpc) is 3.27. The summed E-state index contributed by atoms with van der Waals surface area (Å²) in [6.45, 7) is 6.17. The average molecular weight is 557 g/mol. The van der Waals surface area contributed by atoms with Crippen LogP contribution in [-0.4, -0.2) is 23.4 Å². The molecule has 0 fully saturated rings. The summed E-state index contributed by atoms with van der Waals surface area (Å²) in [5.41, 5.74) is 4.42. The van der Waals surface area contributed by atoms with Crippen LogP contribution in [0.5, 0.6) is 5.75 Å². The van der Waals surface area contributed by atoms with Crippen LogP contribution in [0.15, 0.2) is 78.9 Å². The number of carbonyl (C=O) groups excluding carboxylic acids is 2. The topological polar surface area (TPSA) is 108 Å². The molecule has 8 nitrogen and oxygen atoms in total. The lowest BCUT2D eigenvalue weighted by Gasteiger charge is -2.08. The van der Waals surface area contributed by atoms with Crippen molar-refractivity contribution in [1.29, 1.82) is 0 Å². The van der Waals surface area contributed by atoms with Crippen LogP contribution in [-0.2, 0) is 16.1 Å². The van der Waals surface area contributed by atoms with Gasteiger partial charge in [0.2, 0.25) is 5.91 Å². The SMILES string of the molecule is CCOC(=O)c1c(NC(=O)C=Cc2ccc(OCc3ccc(C)cc3)cc2)sc(C)c1-c1ccc([N+](=O)[O-])cc1. The number of nitro groups is 1. The van der Waals surface area contributed by atoms with E-state index in [1.54, 1.807) is 25.1 Å². The molecule has 0 aliphatic heterocycles. The number of non-ortho nitro benzene ring substituents is 1. The Morgan fingerprint density at radius 2 is 1.65 bits per heavy atom. The molecule has 1 amide bonds. The number of carbonyl (C=O) groups is 2. The van der Waals surface area contributed by atoms with Crippen LogP contribution in [0.1, 0.15) is 38.8 Å². The number of esters is 1. The van der Waals surface area contributed by atoms with E-state index in [0.29, 0.717) is 28.5 Å². The van der Waals surface area contributed by atoms with E-state index in [9.17, 15) is 19.7 Å². The number of anilines is 1. The number of hydrogen-bond acceptors (Lipinski definition) is 7. The summed E-state index contributed by atoms with van der Waals surface area (Å²) in [4.78, 5) is 37.0. The Balaban J connectivity index is 1.47. The molecule has 0 atom stereocenters. The van der Waals surface area contributed by atoms with Crippen LogP contribution in [0, 0.1) is 24.0 Å². The fourth-order valence-corrected chi connectivity index (χ4v) is 5.05. The van der Waals surface area contributed by atoms with Gasteiger partial charge in [-0.15, -0.1) is 11.3 Å². The Morgan fingerprint density at radius 1 is 0.975 bits per heavy atom. The van der Waals surface area contributed by atoms with E-state index in [-0.39, 0.29) is 17.9 Å². The molecule has 0 bridgehead atoms. The van der Waals surface area contributed by atoms with Gasteiger partial charge in [-0.05, 0) is 67.8 Å². The number of nitrogens with one attached hydrogen (secondary N) is 1. The maximum Gasteiger partial charge on any atom is 0.341 e. The first-order chi connectivity index (χ1) is 19.2. The van der Waals surface area contributed by atoms with Crippen LogP contribution in [0.25, 0.3) is 17.2 Å². The lowest BCUT2D eigenvalue weighted by atomic mass is 10.0. The molecule has 0 radical (unpaired) electrons. The number of nitro benzene ring substituents is 1. The first kappa shape index (κ1) is 28.3. The van der Waals surface area contributed by atoms with E-state index in [0.717, 1.165) is 16.0 Å². The summed E-state index contributed by atoms with van der Waals surface area (Å²) in [5.74, 6) is -0.281. The van der Waals surface area contributed by atoms with Crippen LogP contribution in [0.4, 0.5) is 10.7 Å². The standard InChI is InChI=1S/C31H28N2O6S/c1-4-38-31(35)29-28(24-12-14-25(15-13-24)33(36)37)21(3)40-30(29)32-27(34)18-11-22-9-16-26(17-10-22)39-19-23-7-5-20(2)6-8-23/h5-18H,4,19H2,1-3H3,(H,32,34). The Kier molecular flexibility index (Phi) is 9.08. The third-order valence-electron chi connectivity index (χ3n) is 6.00. The number of rotatable bonds is 10. The van der Waals surface area contributed by atoms with Gasteiger partial charge in [0.15, 0.2) is 0 Å². The van der Waals surface area contributed by atoms with Gasteiger partial charge in [0, 0.05) is 28.6 Å². The normalized spacial score (nSPS) is 10.9. The predicted molar refractivity (Wildman–Crippen MR) is 157 cm³/mol. The highest BCUT2D eigenvalue weighted by molar-refractivity contribution is 7.17. The predicted octanol–water partition coefficient (Wildman–Crippen LogP) is 7.35. The van der Waals surface area contributed by atoms with E-state index >= 15 is 0 Å². The maximum absolute atomic E-state index is 12.9. The van der Waals surface area contributed by atoms with Crippen molar-refractivity contribution in [1.82, 2.24) is 0 Å². The molecule has 0 unspecified atom stereocenters. The zero-order chi connectivity index (χ0) is 28.6. The third kappa shape index (κ3) is 7.00. The third-order valence-corrected chi connectivity index (χ3v) is 7.02. The molecule has 0 spiro atoms. The summed E-state index contributed by atoms with van der Waals surface area (Å²) < 4.78 is 11.1. The summed E-state index contributed by atoms with van der Waals surface area (Å²) in [5, 5.41) is 14.2. The van der Waals surface area contributed by atoms with Crippen molar-refractivity contribution >= 4 is 40.0 Å². The van der Waals surface area contributed by atoms with Crippen molar-refractivity contribution in [2.45, 2.75) is 27.4 Å². The molecule has 4 rings (SSSR count). The minimum atomic E-state index is -0.583.